The molecular formula is C30H21Br3N2O5S. The molecule has 2 aromatic carbocycles. The van der Waals surface area contributed by atoms with Crippen molar-refractivity contribution < 1.29 is 23.9 Å². The Balaban J connectivity index is 1.28. The maximum Gasteiger partial charge on any atom is 0.339 e. The summed E-state index contributed by atoms with van der Waals surface area (Å²) in [6.45, 7) is -0.368. The molecule has 0 bridgehead atoms. The Labute approximate surface area is 264 Å². The highest BCUT2D eigenvalue weighted by atomic mass is 79.9. The molecule has 1 aliphatic heterocycles. The summed E-state index contributed by atoms with van der Waals surface area (Å²) in [6.07, 6.45) is 1.21. The molecule has 2 aromatic heterocycles. The fourth-order valence-corrected chi connectivity index (χ4v) is 7.61. The van der Waals surface area contributed by atoms with Crippen molar-refractivity contribution in [2.24, 2.45) is 11.8 Å². The minimum Gasteiger partial charge on any atom is -0.454 e. The van der Waals surface area contributed by atoms with Gasteiger partial charge in [-0.2, -0.15) is 0 Å². The van der Waals surface area contributed by atoms with Gasteiger partial charge in [-0.3, -0.25) is 19.3 Å². The van der Waals surface area contributed by atoms with E-state index in [2.05, 4.69) is 47.8 Å². The normalized spacial score (nSPS) is 22.2. The van der Waals surface area contributed by atoms with Crippen molar-refractivity contribution in [1.82, 2.24) is 4.98 Å². The van der Waals surface area contributed by atoms with Crippen molar-refractivity contribution in [2.45, 2.75) is 22.5 Å². The summed E-state index contributed by atoms with van der Waals surface area (Å²) in [5.74, 6) is -1.91. The molecule has 3 heterocycles. The number of aromatic nitrogens is 1. The largest absolute Gasteiger partial charge is 0.454 e. The number of esters is 1. The van der Waals surface area contributed by atoms with Gasteiger partial charge in [0, 0.05) is 25.1 Å². The molecule has 2 amide bonds. The van der Waals surface area contributed by atoms with Gasteiger partial charge in [-0.1, -0.05) is 66.0 Å². The number of ketones is 1. The number of hydrogen-bond donors (Lipinski definition) is 0. The van der Waals surface area contributed by atoms with Crippen molar-refractivity contribution in [3.63, 3.8) is 0 Å². The molecule has 1 saturated heterocycles. The summed E-state index contributed by atoms with van der Waals surface area (Å²) in [7, 11) is 0. The van der Waals surface area contributed by atoms with E-state index in [1.165, 1.54) is 16.2 Å². The van der Waals surface area contributed by atoms with Crippen molar-refractivity contribution >= 4 is 99.3 Å². The van der Waals surface area contributed by atoms with Crippen LogP contribution in [0.5, 0.6) is 0 Å². The van der Waals surface area contributed by atoms with Crippen LogP contribution in [-0.2, 0) is 14.3 Å². The maximum atomic E-state index is 13.2. The first-order chi connectivity index (χ1) is 19.7. The SMILES string of the molecule is O=C(COC(=O)c1cc(-c2ccc(N3C(=O)C4CC(Br)C(Br)CC4C3=O)cc2)nc2ccc(Br)cc12)c1cccs1. The molecule has 2 fully saturated rings. The van der Waals surface area contributed by atoms with E-state index in [1.54, 1.807) is 60.0 Å². The number of alkyl halides is 2. The molecular weight excluding hydrogens is 740 g/mol. The topological polar surface area (TPSA) is 93.6 Å². The fraction of sp³-hybridized carbons (Fsp3) is 0.233. The van der Waals surface area contributed by atoms with Gasteiger partial charge in [0.05, 0.1) is 39.2 Å². The zero-order valence-electron chi connectivity index (χ0n) is 21.3. The molecule has 4 aromatic rings. The van der Waals surface area contributed by atoms with Gasteiger partial charge in [0.15, 0.2) is 6.61 Å². The third-order valence-corrected chi connectivity index (χ3v) is 11.6. The Hall–Kier alpha value is -2.73. The first-order valence-electron chi connectivity index (χ1n) is 12.8. The van der Waals surface area contributed by atoms with E-state index in [-0.39, 0.29) is 51.3 Å². The smallest absolute Gasteiger partial charge is 0.339 e. The molecule has 6 rings (SSSR count). The molecule has 11 heteroatoms. The Morgan fingerprint density at radius 2 is 1.63 bits per heavy atom. The number of hydrogen-bond acceptors (Lipinski definition) is 7. The van der Waals surface area contributed by atoms with Crippen LogP contribution >= 0.6 is 59.1 Å². The van der Waals surface area contributed by atoms with Crippen molar-refractivity contribution in [1.29, 1.82) is 0 Å². The second-order valence-electron chi connectivity index (χ2n) is 9.97. The summed E-state index contributed by atoms with van der Waals surface area (Å²) in [5, 5.41) is 2.37. The number of rotatable bonds is 6. The number of anilines is 1. The molecule has 0 spiro atoms. The Bertz CT molecular complexity index is 1660. The van der Waals surface area contributed by atoms with E-state index in [0.717, 1.165) is 4.47 Å². The summed E-state index contributed by atoms with van der Waals surface area (Å²) in [5.41, 5.74) is 2.57. The first-order valence-corrected chi connectivity index (χ1v) is 16.3. The van der Waals surface area contributed by atoms with Crippen LogP contribution in [0, 0.1) is 11.8 Å². The predicted molar refractivity (Wildman–Crippen MR) is 168 cm³/mol. The summed E-state index contributed by atoms with van der Waals surface area (Å²) >= 11 is 12.0. The zero-order valence-corrected chi connectivity index (χ0v) is 26.8. The van der Waals surface area contributed by atoms with Crippen LogP contribution in [0.1, 0.15) is 32.9 Å². The van der Waals surface area contributed by atoms with Gasteiger partial charge in [0.25, 0.3) is 0 Å². The lowest BCUT2D eigenvalue weighted by Gasteiger charge is -2.29. The molecule has 4 unspecified atom stereocenters. The third-order valence-electron chi connectivity index (χ3n) is 7.45. The Morgan fingerprint density at radius 3 is 2.27 bits per heavy atom. The number of amides is 2. The summed E-state index contributed by atoms with van der Waals surface area (Å²) < 4.78 is 6.18. The molecule has 208 valence electrons. The Morgan fingerprint density at radius 1 is 0.951 bits per heavy atom. The predicted octanol–water partition coefficient (Wildman–Crippen LogP) is 7.19. The number of thiophene rings is 1. The lowest BCUT2D eigenvalue weighted by atomic mass is 9.81. The van der Waals surface area contributed by atoms with Crippen LogP contribution in [0.4, 0.5) is 5.69 Å². The van der Waals surface area contributed by atoms with Gasteiger partial charge in [-0.25, -0.2) is 9.78 Å². The van der Waals surface area contributed by atoms with E-state index in [1.807, 2.05) is 6.07 Å². The van der Waals surface area contributed by atoms with Crippen LogP contribution in [0.15, 0.2) is 70.5 Å². The van der Waals surface area contributed by atoms with Gasteiger partial charge in [-0.05, 0) is 60.7 Å². The van der Waals surface area contributed by atoms with Crippen molar-refractivity contribution in [3.8, 4) is 11.3 Å². The van der Waals surface area contributed by atoms with Crippen LogP contribution in [0.2, 0.25) is 0 Å². The average Bonchev–Trinajstić information content (AvgIpc) is 3.59. The van der Waals surface area contributed by atoms with Crippen molar-refractivity contribution in [2.75, 3.05) is 11.5 Å². The van der Waals surface area contributed by atoms with E-state index in [9.17, 15) is 19.2 Å². The number of carbonyl (C=O) groups excluding carboxylic acids is 4. The van der Waals surface area contributed by atoms with Crippen LogP contribution in [0.3, 0.4) is 0 Å². The zero-order chi connectivity index (χ0) is 28.8. The third kappa shape index (κ3) is 5.45. The Kier molecular flexibility index (Phi) is 7.97. The van der Waals surface area contributed by atoms with Gasteiger partial charge in [-0.15, -0.1) is 11.3 Å². The highest BCUT2D eigenvalue weighted by Gasteiger charge is 2.52. The lowest BCUT2D eigenvalue weighted by Crippen LogP contribution is -2.34. The van der Waals surface area contributed by atoms with E-state index >= 15 is 0 Å². The molecule has 0 radical (unpaired) electrons. The monoisotopic (exact) mass is 758 g/mol. The van der Waals surface area contributed by atoms with Crippen LogP contribution in [-0.4, -0.2) is 44.8 Å². The number of ether oxygens (including phenoxy) is 1. The second kappa shape index (κ2) is 11.5. The minimum absolute atomic E-state index is 0.136. The number of benzene rings is 2. The molecule has 7 nitrogen and oxygen atoms in total. The molecule has 0 N–H and O–H groups in total. The van der Waals surface area contributed by atoms with Crippen LogP contribution in [0.25, 0.3) is 22.2 Å². The lowest BCUT2D eigenvalue weighted by molar-refractivity contribution is -0.122. The molecule has 1 saturated carbocycles. The quantitative estimate of drug-likeness (QED) is 0.0895. The van der Waals surface area contributed by atoms with E-state index in [4.69, 9.17) is 9.72 Å². The number of Topliss-reactive ketones (excluding diaryl/α,β-unsaturated/α-hetero) is 1. The summed E-state index contributed by atoms with van der Waals surface area (Å²) in [6, 6.07) is 17.5. The van der Waals surface area contributed by atoms with Gasteiger partial charge in [0.1, 0.15) is 0 Å². The summed E-state index contributed by atoms with van der Waals surface area (Å²) in [4.78, 5) is 58.9. The van der Waals surface area contributed by atoms with Gasteiger partial charge >= 0.3 is 5.97 Å². The maximum absolute atomic E-state index is 13.2. The molecule has 4 atom stereocenters. The van der Waals surface area contributed by atoms with Gasteiger partial charge in [0.2, 0.25) is 17.6 Å². The second-order valence-corrected chi connectivity index (χ2v) is 14.2. The number of fused-ring (bicyclic) bond motifs is 2. The number of imide groups is 1. The van der Waals surface area contributed by atoms with E-state index < -0.39 is 5.97 Å². The van der Waals surface area contributed by atoms with Crippen LogP contribution < -0.4 is 4.90 Å². The standard InChI is InChI=1S/C30H21Br3N2O5S/c31-16-5-8-24-18(10-16)21(30(39)40-14-26(36)27-2-1-9-41-27)13-25(34-24)15-3-6-17(7-4-15)35-28(37)19-11-22(32)23(33)12-20(19)29(35)38/h1-10,13,19-20,22-23H,11-12,14H2. The van der Waals surface area contributed by atoms with Crippen molar-refractivity contribution in [3.05, 3.63) is 81.0 Å². The molecule has 1 aliphatic carbocycles. The minimum atomic E-state index is -0.635. The highest BCUT2D eigenvalue weighted by Crippen LogP contribution is 2.44. The number of carbonyl (C=O) groups is 4. The highest BCUT2D eigenvalue weighted by molar-refractivity contribution is 9.12. The number of nitrogens with zero attached hydrogens (tertiary/aromatic N) is 2. The van der Waals surface area contributed by atoms with E-state index in [0.29, 0.717) is 45.6 Å². The number of pyridine rings is 1. The fourth-order valence-electron chi connectivity index (χ4n) is 5.36. The average molecular weight is 761 g/mol. The van der Waals surface area contributed by atoms with Gasteiger partial charge < -0.3 is 4.74 Å². The molecule has 2 aliphatic rings. The number of halogens is 3. The molecule has 41 heavy (non-hydrogen) atoms. The first kappa shape index (κ1) is 28.4.